The lowest BCUT2D eigenvalue weighted by atomic mass is 9.92. The summed E-state index contributed by atoms with van der Waals surface area (Å²) < 4.78 is 27.2. The van der Waals surface area contributed by atoms with E-state index in [1.54, 1.807) is 49.4 Å². The van der Waals surface area contributed by atoms with Crippen LogP contribution in [0.2, 0.25) is 0 Å². The zero-order valence-corrected chi connectivity index (χ0v) is 47.6. The normalized spacial score (nSPS) is 13.1. The van der Waals surface area contributed by atoms with Gasteiger partial charge in [-0.1, -0.05) is 135 Å². The molecule has 6 aromatic rings. The number of fused-ring (bicyclic) bond motifs is 4. The number of carbonyl (C=O) groups excluding carboxylic acids is 2. The van der Waals surface area contributed by atoms with Crippen molar-refractivity contribution < 1.29 is 48.4 Å². The second kappa shape index (κ2) is 38.8. The third kappa shape index (κ3) is 24.2. The number of nitro benzene ring substituents is 1. The van der Waals surface area contributed by atoms with Crippen molar-refractivity contribution in [3.05, 3.63) is 200 Å². The SMILES string of the molecule is Cl.NCCOCCS.O=C(CCCOCCSSCCO)OC1Cc2ccccc2C#Cc2ccccc21.O=C(Oc1ccc([N+](=O)[O-])cc1)OC1Cc2ccccc2C#Cc2ccccc21.OCCSSc1ccccn1. The number of pyridine rings is 1. The summed E-state index contributed by atoms with van der Waals surface area (Å²) in [6, 6.07) is 42.2. The number of nitrogens with zero attached hydrogens (tertiary/aromatic N) is 2. The van der Waals surface area contributed by atoms with E-state index in [0.29, 0.717) is 58.7 Å². The zero-order chi connectivity index (χ0) is 54.7. The van der Waals surface area contributed by atoms with Crippen molar-refractivity contribution >= 4 is 86.0 Å². The second-order valence-corrected chi connectivity index (χ2v) is 21.7. The quantitative estimate of drug-likeness (QED) is 0.00730. The molecule has 0 bridgehead atoms. The molecule has 1 aromatic heterocycles. The van der Waals surface area contributed by atoms with Crippen molar-refractivity contribution in [3.63, 3.8) is 0 Å². The van der Waals surface area contributed by atoms with Gasteiger partial charge in [0.2, 0.25) is 0 Å². The standard InChI is InChI=1S/C24H26O4S2.C23H15NO5.C7H9NOS2.C4H11NOS.ClH/c25-13-16-29-30-17-15-27-14-5-10-24(26)28-23-18-21-8-2-1-6-19(21)11-12-20-7-3-4-9-22(20)23;25-23(28-20-13-11-19(12-14-20)24(26)27)29-22-15-18-7-2-1-5-16(18)9-10-17-6-3-4-8-21(17)22;9-5-6-10-11-7-3-1-2-4-8-7;5-1-2-6-3-4-7;/h1-4,6-9,23,25H,5,10,13-18H2;1-8,11-14,22H,15H2;1-4,9H,5-6H2;7H,1-5H2;1H. The minimum Gasteiger partial charge on any atom is -0.457 e. The van der Waals surface area contributed by atoms with E-state index in [2.05, 4.69) is 41.3 Å². The number of thiol groups is 1. The van der Waals surface area contributed by atoms with Crippen LogP contribution in [0.15, 0.2) is 151 Å². The van der Waals surface area contributed by atoms with Crippen LogP contribution in [0, 0.1) is 33.8 Å². The van der Waals surface area contributed by atoms with Gasteiger partial charge in [0.05, 0.1) is 38.0 Å². The number of esters is 1. The van der Waals surface area contributed by atoms with Gasteiger partial charge in [-0.2, -0.15) is 12.6 Å². The molecule has 2 aliphatic rings. The van der Waals surface area contributed by atoms with Crippen molar-refractivity contribution in [2.45, 2.75) is 42.9 Å². The van der Waals surface area contributed by atoms with Crippen LogP contribution in [0.1, 0.15) is 69.6 Å². The fourth-order valence-electron chi connectivity index (χ4n) is 7.07. The number of nitro groups is 1. The van der Waals surface area contributed by atoms with Gasteiger partial charge in [-0.05, 0) is 76.9 Å². The summed E-state index contributed by atoms with van der Waals surface area (Å²) in [6.07, 6.45) is 2.00. The van der Waals surface area contributed by atoms with Gasteiger partial charge in [-0.25, -0.2) is 9.78 Å². The summed E-state index contributed by atoms with van der Waals surface area (Å²) in [5.41, 5.74) is 12.4. The Morgan fingerprint density at radius 1 is 0.654 bits per heavy atom. The Morgan fingerprint density at radius 2 is 1.18 bits per heavy atom. The van der Waals surface area contributed by atoms with Crippen LogP contribution in [0.5, 0.6) is 5.75 Å². The number of rotatable bonds is 22. The Morgan fingerprint density at radius 3 is 1.74 bits per heavy atom. The van der Waals surface area contributed by atoms with Crippen LogP contribution < -0.4 is 10.5 Å². The first-order valence-electron chi connectivity index (χ1n) is 24.6. The van der Waals surface area contributed by atoms with Gasteiger partial charge < -0.3 is 39.6 Å². The van der Waals surface area contributed by atoms with Crippen molar-refractivity contribution in [3.8, 4) is 29.4 Å². The largest absolute Gasteiger partial charge is 0.514 e. The minimum absolute atomic E-state index is 0. The maximum absolute atomic E-state index is 12.5. The molecule has 0 spiro atoms. The highest BCUT2D eigenvalue weighted by atomic mass is 35.5. The Balaban J connectivity index is 0.000000254. The van der Waals surface area contributed by atoms with E-state index in [1.165, 1.54) is 24.3 Å². The van der Waals surface area contributed by atoms with E-state index in [-0.39, 0.29) is 49.1 Å². The topological polar surface area (TPSA) is 203 Å². The summed E-state index contributed by atoms with van der Waals surface area (Å²) in [6.45, 7) is 3.57. The van der Waals surface area contributed by atoms with Gasteiger partial charge in [0, 0.05) is 107 Å². The molecule has 20 heteroatoms. The minimum atomic E-state index is -0.885. The van der Waals surface area contributed by atoms with E-state index in [9.17, 15) is 19.7 Å². The van der Waals surface area contributed by atoms with Crippen molar-refractivity contribution in [1.82, 2.24) is 4.98 Å². The molecule has 1 heterocycles. The highest BCUT2D eigenvalue weighted by Gasteiger charge is 2.25. The molecule has 8 rings (SSSR count). The van der Waals surface area contributed by atoms with Gasteiger partial charge in [0.15, 0.2) is 0 Å². The van der Waals surface area contributed by atoms with Gasteiger partial charge >= 0.3 is 12.1 Å². The molecule has 0 saturated carbocycles. The van der Waals surface area contributed by atoms with Crippen LogP contribution in [-0.2, 0) is 36.6 Å². The highest BCUT2D eigenvalue weighted by molar-refractivity contribution is 8.77. The fraction of sp³-hybridized carbons (Fsp3) is 0.293. The smallest absolute Gasteiger partial charge is 0.457 e. The number of aliphatic hydroxyl groups excluding tert-OH is 2. The average Bonchev–Trinajstić information content (AvgIpc) is 3.44. The summed E-state index contributed by atoms with van der Waals surface area (Å²) in [7, 11) is 6.52. The molecular formula is C58H62ClN3O11S5. The van der Waals surface area contributed by atoms with E-state index < -0.39 is 17.2 Å². The van der Waals surface area contributed by atoms with Gasteiger partial charge in [-0.15, -0.1) is 12.4 Å². The molecule has 78 heavy (non-hydrogen) atoms. The number of hydrogen-bond donors (Lipinski definition) is 4. The summed E-state index contributed by atoms with van der Waals surface area (Å²) in [5, 5.41) is 28.9. The number of aliphatic hydroxyl groups is 2. The first-order chi connectivity index (χ1) is 37.7. The predicted molar refractivity (Wildman–Crippen MR) is 320 cm³/mol. The first-order valence-corrected chi connectivity index (χ1v) is 30.0. The Kier molecular flexibility index (Phi) is 32.3. The molecule has 412 valence electrons. The first kappa shape index (κ1) is 64.9. The molecule has 14 nitrogen and oxygen atoms in total. The summed E-state index contributed by atoms with van der Waals surface area (Å²) >= 11 is 3.93. The summed E-state index contributed by atoms with van der Waals surface area (Å²) in [4.78, 5) is 39.2. The number of halogens is 1. The molecule has 0 amide bonds. The Labute approximate surface area is 483 Å². The number of ether oxygens (including phenoxy) is 5. The number of carbonyl (C=O) groups is 2. The molecule has 0 fully saturated rings. The third-order valence-corrected chi connectivity index (χ3v) is 15.4. The zero-order valence-electron chi connectivity index (χ0n) is 42.6. The van der Waals surface area contributed by atoms with Gasteiger partial charge in [-0.3, -0.25) is 14.9 Å². The van der Waals surface area contributed by atoms with Crippen LogP contribution in [-0.4, -0.2) is 101 Å². The molecular weight excluding hydrogens is 1110 g/mol. The molecule has 0 radical (unpaired) electrons. The average molecular weight is 1170 g/mol. The number of non-ortho nitro benzene ring substituents is 1. The Hall–Kier alpha value is -5.65. The van der Waals surface area contributed by atoms with Gasteiger partial charge in [0.1, 0.15) is 23.0 Å². The molecule has 2 aliphatic carbocycles. The lowest BCUT2D eigenvalue weighted by Crippen LogP contribution is -2.19. The molecule has 4 N–H and O–H groups in total. The molecule has 5 aromatic carbocycles. The lowest BCUT2D eigenvalue weighted by Gasteiger charge is -2.22. The summed E-state index contributed by atoms with van der Waals surface area (Å²) in [5.74, 6) is 15.9. The van der Waals surface area contributed by atoms with Crippen LogP contribution in [0.25, 0.3) is 0 Å². The number of nitrogens with two attached hydrogens (primary N) is 1. The maximum atomic E-state index is 12.5. The van der Waals surface area contributed by atoms with E-state index in [4.69, 9.17) is 39.6 Å². The highest BCUT2D eigenvalue weighted by Crippen LogP contribution is 2.32. The number of hydrogen-bond acceptors (Lipinski definition) is 18. The fourth-order valence-corrected chi connectivity index (χ4v) is 10.5. The monoisotopic (exact) mass is 1170 g/mol. The van der Waals surface area contributed by atoms with Crippen LogP contribution >= 0.6 is 68.2 Å². The van der Waals surface area contributed by atoms with Crippen molar-refractivity contribution in [2.24, 2.45) is 5.73 Å². The van der Waals surface area contributed by atoms with Crippen LogP contribution in [0.4, 0.5) is 10.5 Å². The van der Waals surface area contributed by atoms with Crippen LogP contribution in [0.3, 0.4) is 0 Å². The molecule has 2 unspecified atom stereocenters. The molecule has 0 aliphatic heterocycles. The molecule has 2 atom stereocenters. The Bertz CT molecular complexity index is 2860. The lowest BCUT2D eigenvalue weighted by molar-refractivity contribution is -0.384. The van der Waals surface area contributed by atoms with Crippen molar-refractivity contribution in [2.75, 3.05) is 69.2 Å². The molecule has 0 saturated heterocycles. The van der Waals surface area contributed by atoms with Gasteiger partial charge in [0.25, 0.3) is 5.69 Å². The predicted octanol–water partition coefficient (Wildman–Crippen LogP) is 11.3. The van der Waals surface area contributed by atoms with Crippen molar-refractivity contribution in [1.29, 1.82) is 0 Å². The van der Waals surface area contributed by atoms with E-state index in [1.807, 2.05) is 115 Å². The van der Waals surface area contributed by atoms with E-state index >= 15 is 0 Å². The third-order valence-electron chi connectivity index (χ3n) is 10.6. The second-order valence-electron chi connectivity index (χ2n) is 16.1. The van der Waals surface area contributed by atoms with E-state index in [0.717, 1.165) is 72.5 Å². The number of aromatic nitrogens is 1. The maximum Gasteiger partial charge on any atom is 0.514 e. The number of benzene rings is 5.